The fourth-order valence-corrected chi connectivity index (χ4v) is 1.88. The molecule has 0 aliphatic rings. The van der Waals surface area contributed by atoms with E-state index in [0.29, 0.717) is 4.47 Å². The van der Waals surface area contributed by atoms with Crippen LogP contribution in [-0.4, -0.2) is 18.1 Å². The Kier molecular flexibility index (Phi) is 4.95. The molecule has 4 nitrogen and oxygen atoms in total. The molecule has 0 aromatic heterocycles. The van der Waals surface area contributed by atoms with Gasteiger partial charge >= 0.3 is 0 Å². The number of nitrogens with two attached hydrogens (primary N) is 1. The fourth-order valence-electron chi connectivity index (χ4n) is 1.34. The van der Waals surface area contributed by atoms with Gasteiger partial charge in [-0.2, -0.15) is 0 Å². The van der Waals surface area contributed by atoms with Gasteiger partial charge in [-0.15, -0.1) is 0 Å². The zero-order valence-corrected chi connectivity index (χ0v) is 12.0. The number of benzene rings is 1. The van der Waals surface area contributed by atoms with Gasteiger partial charge in [0.15, 0.2) is 11.9 Å². The Morgan fingerprint density at radius 2 is 2.06 bits per heavy atom. The van der Waals surface area contributed by atoms with Crippen molar-refractivity contribution in [3.05, 3.63) is 22.4 Å². The minimum absolute atomic E-state index is 0.0255. The first-order chi connectivity index (χ1) is 8.31. The molecule has 1 atom stereocenters. The lowest BCUT2D eigenvalue weighted by Gasteiger charge is -2.18. The third kappa shape index (κ3) is 3.87. The number of hydrogen-bond acceptors (Lipinski definition) is 3. The average Bonchev–Trinajstić information content (AvgIpc) is 2.21. The summed E-state index contributed by atoms with van der Waals surface area (Å²) in [6, 6.07) is 2.41. The summed E-state index contributed by atoms with van der Waals surface area (Å²) in [5, 5.41) is 2.72. The van der Waals surface area contributed by atoms with E-state index in [1.807, 2.05) is 13.8 Å². The number of carbonyl (C=O) groups excluding carboxylic acids is 1. The largest absolute Gasteiger partial charge is 0.478 e. The van der Waals surface area contributed by atoms with Crippen molar-refractivity contribution in [3.63, 3.8) is 0 Å². The highest BCUT2D eigenvalue weighted by Gasteiger charge is 2.18. The van der Waals surface area contributed by atoms with Crippen LogP contribution in [0.3, 0.4) is 0 Å². The van der Waals surface area contributed by atoms with Gasteiger partial charge in [-0.3, -0.25) is 4.79 Å². The maximum Gasteiger partial charge on any atom is 0.260 e. The predicted molar refractivity (Wildman–Crippen MR) is 71.9 cm³/mol. The van der Waals surface area contributed by atoms with Crippen LogP contribution in [0.2, 0.25) is 0 Å². The Balaban J connectivity index is 2.82. The summed E-state index contributed by atoms with van der Waals surface area (Å²) in [7, 11) is 0. The summed E-state index contributed by atoms with van der Waals surface area (Å²) < 4.78 is 18.9. The van der Waals surface area contributed by atoms with Crippen molar-refractivity contribution in [2.24, 2.45) is 0 Å². The summed E-state index contributed by atoms with van der Waals surface area (Å²) in [4.78, 5) is 11.7. The van der Waals surface area contributed by atoms with Gasteiger partial charge in [0.25, 0.3) is 5.91 Å². The molecule has 0 saturated carbocycles. The number of amides is 1. The van der Waals surface area contributed by atoms with E-state index in [0.717, 1.165) is 6.07 Å². The van der Waals surface area contributed by atoms with Crippen LogP contribution in [0.5, 0.6) is 5.75 Å². The zero-order chi connectivity index (χ0) is 13.9. The molecule has 6 heteroatoms. The predicted octanol–water partition coefficient (Wildman–Crippen LogP) is 2.46. The minimum atomic E-state index is -0.712. The molecular formula is C12H16BrFN2O2. The molecular weight excluding hydrogens is 303 g/mol. The van der Waals surface area contributed by atoms with Crippen molar-refractivity contribution in [2.45, 2.75) is 32.9 Å². The molecule has 0 spiro atoms. The van der Waals surface area contributed by atoms with Crippen molar-refractivity contribution in [1.82, 2.24) is 5.32 Å². The van der Waals surface area contributed by atoms with Gasteiger partial charge < -0.3 is 15.8 Å². The monoisotopic (exact) mass is 318 g/mol. The Morgan fingerprint density at radius 1 is 1.44 bits per heavy atom. The minimum Gasteiger partial charge on any atom is -0.478 e. The third-order valence-electron chi connectivity index (χ3n) is 2.13. The Morgan fingerprint density at radius 3 is 2.56 bits per heavy atom. The second kappa shape index (κ2) is 6.04. The van der Waals surface area contributed by atoms with Crippen LogP contribution in [-0.2, 0) is 4.79 Å². The van der Waals surface area contributed by atoms with Crippen molar-refractivity contribution in [1.29, 1.82) is 0 Å². The van der Waals surface area contributed by atoms with Crippen LogP contribution in [0, 0.1) is 5.82 Å². The zero-order valence-electron chi connectivity index (χ0n) is 10.5. The number of rotatable bonds is 4. The first-order valence-corrected chi connectivity index (χ1v) is 6.32. The number of halogens is 2. The van der Waals surface area contributed by atoms with E-state index in [9.17, 15) is 9.18 Å². The van der Waals surface area contributed by atoms with E-state index in [-0.39, 0.29) is 23.4 Å². The van der Waals surface area contributed by atoms with Crippen molar-refractivity contribution < 1.29 is 13.9 Å². The fraction of sp³-hybridized carbons (Fsp3) is 0.417. The second-order valence-electron chi connectivity index (χ2n) is 4.23. The van der Waals surface area contributed by atoms with Crippen molar-refractivity contribution in [2.75, 3.05) is 5.73 Å². The average molecular weight is 319 g/mol. The Bertz CT molecular complexity index is 429. The van der Waals surface area contributed by atoms with Crippen molar-refractivity contribution in [3.8, 4) is 5.75 Å². The third-order valence-corrected chi connectivity index (χ3v) is 2.72. The number of nitrogens with one attached hydrogen (secondary N) is 1. The lowest BCUT2D eigenvalue weighted by atomic mass is 10.2. The number of hydrogen-bond donors (Lipinski definition) is 2. The van der Waals surface area contributed by atoms with E-state index >= 15 is 0 Å². The maximum atomic E-state index is 13.0. The standard InChI is InChI=1S/C12H16BrFN2O2/c1-6(2)16-12(17)7(3)18-11-9(13)4-8(14)5-10(11)15/h4-7H,15H2,1-3H3,(H,16,17). The molecule has 1 aromatic carbocycles. The molecule has 0 aliphatic heterocycles. The number of ether oxygens (including phenoxy) is 1. The van der Waals surface area contributed by atoms with Gasteiger partial charge in [0.1, 0.15) is 5.82 Å². The van der Waals surface area contributed by atoms with Crippen LogP contribution in [0.1, 0.15) is 20.8 Å². The van der Waals surface area contributed by atoms with Gasteiger partial charge in [0.2, 0.25) is 0 Å². The molecule has 3 N–H and O–H groups in total. The summed E-state index contributed by atoms with van der Waals surface area (Å²) in [6.07, 6.45) is -0.712. The number of anilines is 1. The van der Waals surface area contributed by atoms with Crippen LogP contribution in [0.15, 0.2) is 16.6 Å². The van der Waals surface area contributed by atoms with E-state index in [1.54, 1.807) is 6.92 Å². The highest BCUT2D eigenvalue weighted by Crippen LogP contribution is 2.33. The summed E-state index contributed by atoms with van der Waals surface area (Å²) >= 11 is 3.15. The normalized spacial score (nSPS) is 12.3. The molecule has 100 valence electrons. The summed E-state index contributed by atoms with van der Waals surface area (Å²) in [5.74, 6) is -0.450. The van der Waals surface area contributed by atoms with Gasteiger partial charge in [0.05, 0.1) is 10.2 Å². The lowest BCUT2D eigenvalue weighted by Crippen LogP contribution is -2.40. The topological polar surface area (TPSA) is 64.3 Å². The van der Waals surface area contributed by atoms with Crippen molar-refractivity contribution >= 4 is 27.5 Å². The van der Waals surface area contributed by atoms with Crippen LogP contribution < -0.4 is 15.8 Å². The lowest BCUT2D eigenvalue weighted by molar-refractivity contribution is -0.127. The molecule has 0 saturated heterocycles. The Hall–Kier alpha value is -1.30. The van der Waals surface area contributed by atoms with Crippen LogP contribution in [0.25, 0.3) is 0 Å². The highest BCUT2D eigenvalue weighted by atomic mass is 79.9. The van der Waals surface area contributed by atoms with E-state index in [2.05, 4.69) is 21.2 Å². The molecule has 1 aromatic rings. The van der Waals surface area contributed by atoms with E-state index in [1.165, 1.54) is 6.07 Å². The SMILES string of the molecule is CC(C)NC(=O)C(C)Oc1c(N)cc(F)cc1Br. The van der Waals surface area contributed by atoms with Gasteiger partial charge in [0, 0.05) is 12.1 Å². The van der Waals surface area contributed by atoms with Crippen LogP contribution in [0.4, 0.5) is 10.1 Å². The molecule has 0 heterocycles. The number of carbonyl (C=O) groups is 1. The van der Waals surface area contributed by atoms with E-state index < -0.39 is 11.9 Å². The molecule has 0 aliphatic carbocycles. The molecule has 18 heavy (non-hydrogen) atoms. The van der Waals surface area contributed by atoms with Crippen LogP contribution >= 0.6 is 15.9 Å². The molecule has 1 rings (SSSR count). The van der Waals surface area contributed by atoms with Gasteiger partial charge in [-0.1, -0.05) is 0 Å². The van der Waals surface area contributed by atoms with Gasteiger partial charge in [-0.25, -0.2) is 4.39 Å². The Labute approximate surface area is 114 Å². The maximum absolute atomic E-state index is 13.0. The molecule has 0 bridgehead atoms. The van der Waals surface area contributed by atoms with E-state index in [4.69, 9.17) is 10.5 Å². The second-order valence-corrected chi connectivity index (χ2v) is 5.08. The molecule has 1 amide bonds. The molecule has 0 radical (unpaired) electrons. The summed E-state index contributed by atoms with van der Waals surface area (Å²) in [6.45, 7) is 5.31. The summed E-state index contributed by atoms with van der Waals surface area (Å²) in [5.41, 5.74) is 5.79. The first-order valence-electron chi connectivity index (χ1n) is 5.52. The quantitative estimate of drug-likeness (QED) is 0.838. The highest BCUT2D eigenvalue weighted by molar-refractivity contribution is 9.10. The smallest absolute Gasteiger partial charge is 0.260 e. The first kappa shape index (κ1) is 14.8. The molecule has 0 fully saturated rings. The number of nitrogen functional groups attached to an aromatic ring is 1. The van der Waals surface area contributed by atoms with Gasteiger partial charge in [-0.05, 0) is 42.8 Å². The molecule has 1 unspecified atom stereocenters.